The lowest BCUT2D eigenvalue weighted by molar-refractivity contribution is -0.112. The maximum absolute atomic E-state index is 12.2. The van der Waals surface area contributed by atoms with Gasteiger partial charge in [-0.2, -0.15) is 0 Å². The summed E-state index contributed by atoms with van der Waals surface area (Å²) in [6, 6.07) is 0. The first-order valence-electron chi connectivity index (χ1n) is 7.81. The molecule has 21 heavy (non-hydrogen) atoms. The van der Waals surface area contributed by atoms with Crippen molar-refractivity contribution >= 4 is 11.6 Å². The van der Waals surface area contributed by atoms with E-state index in [0.29, 0.717) is 0 Å². The Balaban J connectivity index is 1.75. The average Bonchev–Trinajstić information content (AvgIpc) is 3.05. The number of carbonyl (C=O) groups is 2. The number of hydrogen-bond acceptors (Lipinski definition) is 2. The first kappa shape index (κ1) is 14.2. The third-order valence-electron chi connectivity index (χ3n) is 5.09. The molecule has 3 aliphatic rings. The molecule has 2 heteroatoms. The molecule has 1 fully saturated rings. The maximum Gasteiger partial charge on any atom is 0.182 e. The second kappa shape index (κ2) is 4.94. The zero-order valence-corrected chi connectivity index (χ0v) is 13.0. The van der Waals surface area contributed by atoms with E-state index < -0.39 is 0 Å². The van der Waals surface area contributed by atoms with Crippen molar-refractivity contribution in [2.24, 2.45) is 11.3 Å². The first-order valence-corrected chi connectivity index (χ1v) is 7.81. The number of hydrogen-bond donors (Lipinski definition) is 0. The van der Waals surface area contributed by atoms with Gasteiger partial charge in [-0.1, -0.05) is 32.9 Å². The Morgan fingerprint density at radius 2 is 2.00 bits per heavy atom. The van der Waals surface area contributed by atoms with Gasteiger partial charge in [0.1, 0.15) is 0 Å². The van der Waals surface area contributed by atoms with Crippen molar-refractivity contribution in [1.29, 1.82) is 0 Å². The fourth-order valence-electron chi connectivity index (χ4n) is 3.84. The summed E-state index contributed by atoms with van der Waals surface area (Å²) in [7, 11) is 0. The first-order chi connectivity index (χ1) is 9.90. The average molecular weight is 282 g/mol. The molecule has 0 aromatic rings. The Kier molecular flexibility index (Phi) is 3.35. The van der Waals surface area contributed by atoms with Crippen LogP contribution in [-0.4, -0.2) is 11.6 Å². The van der Waals surface area contributed by atoms with Gasteiger partial charge in [-0.3, -0.25) is 9.59 Å². The summed E-state index contributed by atoms with van der Waals surface area (Å²) in [5, 5.41) is 0. The number of carbonyl (C=O) groups excluding carboxylic acids is 2. The van der Waals surface area contributed by atoms with Crippen LogP contribution in [0.3, 0.4) is 0 Å². The van der Waals surface area contributed by atoms with Crippen LogP contribution in [0.4, 0.5) is 0 Å². The van der Waals surface area contributed by atoms with E-state index in [1.807, 2.05) is 18.2 Å². The molecule has 0 N–H and O–H groups in total. The lowest BCUT2D eigenvalue weighted by atomic mass is 9.82. The van der Waals surface area contributed by atoms with Crippen molar-refractivity contribution in [3.05, 3.63) is 46.6 Å². The van der Waals surface area contributed by atoms with Crippen LogP contribution in [0.5, 0.6) is 0 Å². The standard InChI is InChI=1S/C19H22O2/c1-12(14-5-4-6-16(14)20)7-8-15-17(21)11-13-9-10-19(2,3)18(13)15/h4-6,11-12H,7-10H2,1-3H3/t12-/m0/s1. The minimum absolute atomic E-state index is 0.123. The lowest BCUT2D eigenvalue weighted by Gasteiger charge is -2.21. The minimum atomic E-state index is 0.123. The molecule has 0 radical (unpaired) electrons. The van der Waals surface area contributed by atoms with Gasteiger partial charge in [-0.25, -0.2) is 0 Å². The highest BCUT2D eigenvalue weighted by Gasteiger charge is 2.39. The van der Waals surface area contributed by atoms with Crippen molar-refractivity contribution in [2.45, 2.75) is 46.5 Å². The Hall–Kier alpha value is -1.70. The fraction of sp³-hybridized carbons (Fsp3) is 0.474. The summed E-state index contributed by atoms with van der Waals surface area (Å²) >= 11 is 0. The number of fused-ring (bicyclic) bond motifs is 1. The molecule has 3 aliphatic carbocycles. The molecule has 1 atom stereocenters. The highest BCUT2D eigenvalue weighted by molar-refractivity contribution is 6.10. The highest BCUT2D eigenvalue weighted by atomic mass is 16.1. The third kappa shape index (κ3) is 2.37. The second-order valence-corrected chi connectivity index (χ2v) is 7.06. The summed E-state index contributed by atoms with van der Waals surface area (Å²) < 4.78 is 0. The van der Waals surface area contributed by atoms with Gasteiger partial charge in [0.2, 0.25) is 0 Å². The number of ketones is 2. The molecule has 0 spiro atoms. The van der Waals surface area contributed by atoms with Gasteiger partial charge in [-0.05, 0) is 60.3 Å². The molecular formula is C19H22O2. The molecule has 1 saturated carbocycles. The summed E-state index contributed by atoms with van der Waals surface area (Å²) in [5.74, 6) is 0.532. The van der Waals surface area contributed by atoms with Gasteiger partial charge in [0.25, 0.3) is 0 Å². The Bertz CT molecular complexity index is 638. The van der Waals surface area contributed by atoms with E-state index in [-0.39, 0.29) is 22.9 Å². The minimum Gasteiger partial charge on any atom is -0.290 e. The smallest absolute Gasteiger partial charge is 0.182 e. The van der Waals surface area contributed by atoms with Crippen LogP contribution in [0.25, 0.3) is 0 Å². The molecule has 0 amide bonds. The molecule has 110 valence electrons. The van der Waals surface area contributed by atoms with Crippen LogP contribution in [-0.2, 0) is 9.59 Å². The Morgan fingerprint density at radius 1 is 1.24 bits per heavy atom. The number of rotatable bonds is 4. The van der Waals surface area contributed by atoms with E-state index in [4.69, 9.17) is 0 Å². The zero-order valence-electron chi connectivity index (χ0n) is 13.0. The van der Waals surface area contributed by atoms with Crippen molar-refractivity contribution in [3.63, 3.8) is 0 Å². The van der Waals surface area contributed by atoms with Gasteiger partial charge < -0.3 is 0 Å². The fourth-order valence-corrected chi connectivity index (χ4v) is 3.84. The molecule has 3 rings (SSSR count). The lowest BCUT2D eigenvalue weighted by Crippen LogP contribution is -2.12. The maximum atomic E-state index is 12.2. The topological polar surface area (TPSA) is 34.1 Å². The van der Waals surface area contributed by atoms with Crippen LogP contribution in [0, 0.1) is 11.3 Å². The van der Waals surface area contributed by atoms with Crippen LogP contribution >= 0.6 is 0 Å². The van der Waals surface area contributed by atoms with E-state index in [2.05, 4.69) is 20.8 Å². The van der Waals surface area contributed by atoms with Gasteiger partial charge >= 0.3 is 0 Å². The Labute approximate surface area is 126 Å². The van der Waals surface area contributed by atoms with Gasteiger partial charge in [0.05, 0.1) is 0 Å². The molecule has 0 aromatic carbocycles. The third-order valence-corrected chi connectivity index (χ3v) is 5.09. The van der Waals surface area contributed by atoms with Gasteiger partial charge in [0, 0.05) is 11.1 Å². The van der Waals surface area contributed by atoms with Crippen LogP contribution in [0.1, 0.15) is 46.5 Å². The monoisotopic (exact) mass is 282 g/mol. The van der Waals surface area contributed by atoms with E-state index in [9.17, 15) is 9.59 Å². The highest BCUT2D eigenvalue weighted by Crippen LogP contribution is 2.51. The van der Waals surface area contributed by atoms with E-state index in [1.54, 1.807) is 6.08 Å². The van der Waals surface area contributed by atoms with Crippen molar-refractivity contribution in [3.8, 4) is 0 Å². The SMILES string of the molecule is C[C@@H](CCC1=C2C(=CC1=O)CCC2(C)C)C1=CC=CC1=O. The van der Waals surface area contributed by atoms with E-state index in [0.717, 1.165) is 36.8 Å². The molecule has 0 aliphatic heterocycles. The molecule has 0 heterocycles. The Morgan fingerprint density at radius 3 is 2.67 bits per heavy atom. The molecular weight excluding hydrogens is 260 g/mol. The molecule has 2 nitrogen and oxygen atoms in total. The second-order valence-electron chi connectivity index (χ2n) is 7.06. The van der Waals surface area contributed by atoms with Crippen molar-refractivity contribution in [2.75, 3.05) is 0 Å². The predicted octanol–water partition coefficient (Wildman–Crippen LogP) is 4.09. The largest absolute Gasteiger partial charge is 0.290 e. The van der Waals surface area contributed by atoms with Gasteiger partial charge in [-0.15, -0.1) is 0 Å². The normalized spacial score (nSPS) is 24.5. The van der Waals surface area contributed by atoms with Crippen molar-refractivity contribution < 1.29 is 9.59 Å². The van der Waals surface area contributed by atoms with Crippen LogP contribution in [0.2, 0.25) is 0 Å². The van der Waals surface area contributed by atoms with Gasteiger partial charge in [0.15, 0.2) is 11.6 Å². The molecule has 0 saturated heterocycles. The summed E-state index contributed by atoms with van der Waals surface area (Å²) in [5.41, 5.74) is 4.55. The van der Waals surface area contributed by atoms with E-state index in [1.165, 1.54) is 11.1 Å². The molecule has 0 aromatic heterocycles. The summed E-state index contributed by atoms with van der Waals surface area (Å²) in [6.07, 6.45) is 11.0. The predicted molar refractivity (Wildman–Crippen MR) is 83.8 cm³/mol. The van der Waals surface area contributed by atoms with Crippen LogP contribution < -0.4 is 0 Å². The molecule has 0 unspecified atom stereocenters. The number of allylic oxidation sites excluding steroid dienone is 8. The quantitative estimate of drug-likeness (QED) is 0.778. The zero-order chi connectivity index (χ0) is 15.2. The molecule has 0 bridgehead atoms. The van der Waals surface area contributed by atoms with Crippen LogP contribution in [0.15, 0.2) is 46.6 Å². The summed E-state index contributed by atoms with van der Waals surface area (Å²) in [6.45, 7) is 6.55. The van der Waals surface area contributed by atoms with E-state index >= 15 is 0 Å². The van der Waals surface area contributed by atoms with Crippen molar-refractivity contribution in [1.82, 2.24) is 0 Å². The summed E-state index contributed by atoms with van der Waals surface area (Å²) in [4.78, 5) is 24.0.